The first kappa shape index (κ1) is 7.00. The Labute approximate surface area is 47.9 Å². The Kier molecular flexibility index (Phi) is 3.65. The summed E-state index contributed by atoms with van der Waals surface area (Å²) < 4.78 is 4.07. The molecule has 4 nitrogen and oxygen atoms in total. The van der Waals surface area contributed by atoms with E-state index in [0.29, 0.717) is 0 Å². The van der Waals surface area contributed by atoms with Crippen LogP contribution in [0.1, 0.15) is 0 Å². The minimum Gasteiger partial charge on any atom is -0.435 e. The van der Waals surface area contributed by atoms with Crippen LogP contribution in [0.15, 0.2) is 5.16 Å². The molecule has 0 spiro atoms. The van der Waals surface area contributed by atoms with Crippen molar-refractivity contribution < 1.29 is 14.4 Å². The highest BCUT2D eigenvalue weighted by atomic mass is 16.8. The molecule has 0 saturated carbocycles. The number of ether oxygens (including phenoxy) is 1. The molecule has 0 saturated heterocycles. The molecule has 0 rings (SSSR count). The van der Waals surface area contributed by atoms with Gasteiger partial charge >= 0.3 is 0 Å². The number of hydrogen-bond donors (Lipinski definition) is 0. The molecule has 0 atom stereocenters. The molecule has 0 aliphatic rings. The van der Waals surface area contributed by atoms with Crippen LogP contribution in [0.3, 0.4) is 0 Å². The lowest BCUT2D eigenvalue weighted by atomic mass is 10.2. The fourth-order valence-corrected chi connectivity index (χ4v) is 0.122. The van der Waals surface area contributed by atoms with Crippen molar-refractivity contribution in [3.8, 4) is 0 Å². The lowest BCUT2D eigenvalue weighted by molar-refractivity contribution is -0.00209. The number of oxime groups is 1. The largest absolute Gasteiger partial charge is 0.435 e. The van der Waals surface area contributed by atoms with Gasteiger partial charge in [0.1, 0.15) is 0 Å². The lowest BCUT2D eigenvalue weighted by Crippen LogP contribution is -2.02. The van der Waals surface area contributed by atoms with E-state index in [1.165, 1.54) is 0 Å². The van der Waals surface area contributed by atoms with Crippen LogP contribution < -0.4 is 0 Å². The second-order valence-electron chi connectivity index (χ2n) is 0.839. The first-order valence-corrected chi connectivity index (χ1v) is 1.77. The van der Waals surface area contributed by atoms with Gasteiger partial charge in [-0.3, -0.25) is 4.79 Å². The number of rotatable bonds is 3. The molecule has 0 aliphatic carbocycles. The van der Waals surface area contributed by atoms with Gasteiger partial charge in [-0.2, -0.15) is 0 Å². The fourth-order valence-electron chi connectivity index (χ4n) is 0.122. The predicted molar refractivity (Wildman–Crippen MR) is 27.7 cm³/mol. The lowest BCUT2D eigenvalue weighted by Gasteiger charge is -1.96. The van der Waals surface area contributed by atoms with Crippen LogP contribution in [0.4, 0.5) is 4.79 Å². The summed E-state index contributed by atoms with van der Waals surface area (Å²) in [5.41, 5.74) is 0. The van der Waals surface area contributed by atoms with E-state index in [9.17, 15) is 4.79 Å². The zero-order valence-electron chi connectivity index (χ0n) is 4.16. The van der Waals surface area contributed by atoms with Crippen molar-refractivity contribution in [2.45, 2.75) is 0 Å². The highest BCUT2D eigenvalue weighted by Crippen LogP contribution is 1.76. The summed E-state index contributed by atoms with van der Waals surface area (Å²) in [5, 5.41) is 2.92. The maximum Gasteiger partial charge on any atom is 0.257 e. The molecule has 0 fully saturated rings. The number of carbonyl (C=O) groups excluding carboxylic acids is 1. The molecule has 0 aromatic rings. The normalized spacial score (nSPS) is 7.50. The van der Waals surface area contributed by atoms with Crippen LogP contribution in [0.25, 0.3) is 0 Å². The Morgan fingerprint density at radius 1 is 1.88 bits per heavy atom. The van der Waals surface area contributed by atoms with E-state index in [2.05, 4.69) is 29.3 Å². The van der Waals surface area contributed by atoms with Gasteiger partial charge in [-0.05, 0) is 0 Å². The zero-order valence-corrected chi connectivity index (χ0v) is 4.16. The third kappa shape index (κ3) is 5.00. The van der Waals surface area contributed by atoms with Gasteiger partial charge in [0.2, 0.25) is 13.7 Å². The molecule has 5 heteroatoms. The van der Waals surface area contributed by atoms with E-state index in [4.69, 9.17) is 0 Å². The van der Waals surface area contributed by atoms with Crippen LogP contribution in [-0.2, 0) is 9.57 Å². The molecule has 0 aromatic heterocycles. The highest BCUT2D eigenvalue weighted by Gasteiger charge is 1.87. The van der Waals surface area contributed by atoms with Crippen molar-refractivity contribution in [1.82, 2.24) is 0 Å². The SMILES string of the molecule is [B]C(=O)OCON=C. The molecule has 42 valence electrons. The van der Waals surface area contributed by atoms with Crippen molar-refractivity contribution in [3.63, 3.8) is 0 Å². The van der Waals surface area contributed by atoms with Gasteiger partial charge in [0.15, 0.2) is 0 Å². The van der Waals surface area contributed by atoms with E-state index in [1.54, 1.807) is 0 Å². The Bertz CT molecular complexity index is 94.5. The van der Waals surface area contributed by atoms with Crippen molar-refractivity contribution in [2.24, 2.45) is 5.16 Å². The molecule has 8 heavy (non-hydrogen) atoms. The van der Waals surface area contributed by atoms with Crippen LogP contribution in [-0.4, -0.2) is 27.2 Å². The summed E-state index contributed by atoms with van der Waals surface area (Å²) >= 11 is 0. The van der Waals surface area contributed by atoms with Crippen molar-refractivity contribution in [2.75, 3.05) is 6.79 Å². The zero-order chi connectivity index (χ0) is 6.41. The summed E-state index contributed by atoms with van der Waals surface area (Å²) in [6.45, 7) is 2.67. The van der Waals surface area contributed by atoms with Gasteiger partial charge in [-0.25, -0.2) is 0 Å². The number of hydrogen-bond acceptors (Lipinski definition) is 4. The molecular formula is C3H4BNO3. The van der Waals surface area contributed by atoms with Gasteiger partial charge in [0, 0.05) is 6.72 Å². The predicted octanol–water partition coefficient (Wildman–Crippen LogP) is -0.119. The van der Waals surface area contributed by atoms with E-state index in [-0.39, 0.29) is 6.79 Å². The van der Waals surface area contributed by atoms with Crippen molar-refractivity contribution >= 4 is 20.4 Å². The quantitative estimate of drug-likeness (QED) is 0.168. The standard InChI is InChI=1S/C3H4BNO3/c1-5-8-2-7-3(4)6/h1-2H2. The van der Waals surface area contributed by atoms with Crippen LogP contribution >= 0.6 is 0 Å². The third-order valence-electron chi connectivity index (χ3n) is 0.345. The Hall–Kier alpha value is -0.995. The van der Waals surface area contributed by atoms with E-state index >= 15 is 0 Å². The molecule has 0 aromatic carbocycles. The van der Waals surface area contributed by atoms with Gasteiger partial charge in [-0.1, -0.05) is 5.16 Å². The third-order valence-corrected chi connectivity index (χ3v) is 0.345. The number of carbonyl (C=O) groups is 1. The van der Waals surface area contributed by atoms with E-state index in [1.807, 2.05) is 0 Å². The van der Waals surface area contributed by atoms with Gasteiger partial charge in [0.05, 0.1) is 0 Å². The molecule has 2 radical (unpaired) electrons. The van der Waals surface area contributed by atoms with Crippen LogP contribution in [0, 0.1) is 0 Å². The summed E-state index contributed by atoms with van der Waals surface area (Å²) in [4.78, 5) is 13.9. The summed E-state index contributed by atoms with van der Waals surface area (Å²) in [7, 11) is 4.53. The summed E-state index contributed by atoms with van der Waals surface area (Å²) in [6, 6.07) is 0. The molecule has 0 N–H and O–H groups in total. The highest BCUT2D eigenvalue weighted by molar-refractivity contribution is 6.55. The molecule has 0 heterocycles. The Balaban J connectivity index is 2.93. The Morgan fingerprint density at radius 3 is 2.88 bits per heavy atom. The smallest absolute Gasteiger partial charge is 0.257 e. The topological polar surface area (TPSA) is 47.9 Å². The van der Waals surface area contributed by atoms with Crippen LogP contribution in [0.5, 0.6) is 0 Å². The van der Waals surface area contributed by atoms with E-state index < -0.39 is 5.87 Å². The maximum absolute atomic E-state index is 9.73. The minimum atomic E-state index is -0.895. The summed E-state index contributed by atoms with van der Waals surface area (Å²) in [5.74, 6) is -0.895. The average Bonchev–Trinajstić information content (AvgIpc) is 1.66. The van der Waals surface area contributed by atoms with Gasteiger partial charge < -0.3 is 9.57 Å². The monoisotopic (exact) mass is 113 g/mol. The van der Waals surface area contributed by atoms with Crippen molar-refractivity contribution in [3.05, 3.63) is 0 Å². The van der Waals surface area contributed by atoms with E-state index in [0.717, 1.165) is 0 Å². The average molecular weight is 113 g/mol. The van der Waals surface area contributed by atoms with Crippen LogP contribution in [0.2, 0.25) is 0 Å². The molecule has 0 aliphatic heterocycles. The minimum absolute atomic E-state index is 0.279. The van der Waals surface area contributed by atoms with Gasteiger partial charge in [0.25, 0.3) is 6.79 Å². The Morgan fingerprint density at radius 2 is 2.50 bits per heavy atom. The second kappa shape index (κ2) is 4.17. The van der Waals surface area contributed by atoms with Crippen molar-refractivity contribution in [1.29, 1.82) is 0 Å². The molecule has 0 amide bonds. The van der Waals surface area contributed by atoms with Gasteiger partial charge in [-0.15, -0.1) is 0 Å². The fraction of sp³-hybridized carbons (Fsp3) is 0.333. The number of nitrogens with zero attached hydrogens (tertiary/aromatic N) is 1. The maximum atomic E-state index is 9.73. The first-order chi connectivity index (χ1) is 3.77. The molecular weight excluding hydrogens is 109 g/mol. The molecule has 0 bridgehead atoms. The molecule has 0 unspecified atom stereocenters. The summed E-state index contributed by atoms with van der Waals surface area (Å²) in [6.07, 6.45) is 0. The first-order valence-electron chi connectivity index (χ1n) is 1.77. The second-order valence-corrected chi connectivity index (χ2v) is 0.839.